The maximum absolute atomic E-state index is 12.4. The van der Waals surface area contributed by atoms with Crippen molar-refractivity contribution in [3.8, 4) is 23.0 Å². The van der Waals surface area contributed by atoms with E-state index in [2.05, 4.69) is 0 Å². The summed E-state index contributed by atoms with van der Waals surface area (Å²) in [5.41, 5.74) is 2.82. The highest BCUT2D eigenvalue weighted by atomic mass is 16.5. The molecular formula is C21H25NO4. The number of carbonyl (C=O) groups is 1. The molecular weight excluding hydrogens is 330 g/mol. The fourth-order valence-corrected chi connectivity index (χ4v) is 3.35. The summed E-state index contributed by atoms with van der Waals surface area (Å²) in [5, 5.41) is 10.7. The number of benzene rings is 2. The molecule has 5 heteroatoms. The molecule has 0 amide bonds. The lowest BCUT2D eigenvalue weighted by atomic mass is 9.92. The number of hydrogen-bond acceptors (Lipinski definition) is 5. The van der Waals surface area contributed by atoms with E-state index < -0.39 is 0 Å². The van der Waals surface area contributed by atoms with Gasteiger partial charge in [-0.2, -0.15) is 0 Å². The Balaban J connectivity index is 2.13. The normalized spacial score (nSPS) is 12.9. The molecule has 0 radical (unpaired) electrons. The number of phenolic OH excluding ortho intramolecular Hbond substituents is 1. The number of ether oxygens (including phenoxy) is 2. The van der Waals surface area contributed by atoms with Crippen molar-refractivity contribution in [3.63, 3.8) is 0 Å². The Morgan fingerprint density at radius 3 is 2.54 bits per heavy atom. The third-order valence-electron chi connectivity index (χ3n) is 4.68. The number of hydrogen-bond donors (Lipinski definition) is 1. The van der Waals surface area contributed by atoms with E-state index in [1.165, 1.54) is 6.92 Å². The zero-order valence-electron chi connectivity index (χ0n) is 15.8. The van der Waals surface area contributed by atoms with Crippen molar-refractivity contribution < 1.29 is 19.4 Å². The molecule has 0 spiro atoms. The highest BCUT2D eigenvalue weighted by Crippen LogP contribution is 2.48. The van der Waals surface area contributed by atoms with Gasteiger partial charge in [0.25, 0.3) is 0 Å². The van der Waals surface area contributed by atoms with Crippen LogP contribution in [0.15, 0.2) is 24.3 Å². The van der Waals surface area contributed by atoms with Crippen LogP contribution in [0.2, 0.25) is 0 Å². The fourth-order valence-electron chi connectivity index (χ4n) is 3.35. The first-order valence-electron chi connectivity index (χ1n) is 8.93. The monoisotopic (exact) mass is 355 g/mol. The summed E-state index contributed by atoms with van der Waals surface area (Å²) >= 11 is 0. The number of ketones is 1. The molecule has 2 aromatic carbocycles. The Labute approximate surface area is 154 Å². The van der Waals surface area contributed by atoms with E-state index >= 15 is 0 Å². The van der Waals surface area contributed by atoms with Crippen molar-refractivity contribution in [1.82, 2.24) is 0 Å². The molecule has 0 aliphatic carbocycles. The molecule has 0 atom stereocenters. The Morgan fingerprint density at radius 2 is 1.96 bits per heavy atom. The Hall–Kier alpha value is -2.69. The molecule has 138 valence electrons. The van der Waals surface area contributed by atoms with Gasteiger partial charge >= 0.3 is 0 Å². The van der Waals surface area contributed by atoms with Gasteiger partial charge in [-0.25, -0.2) is 0 Å². The van der Waals surface area contributed by atoms with Crippen molar-refractivity contribution >= 4 is 11.5 Å². The second-order valence-corrected chi connectivity index (χ2v) is 6.69. The molecule has 0 saturated carbocycles. The predicted molar refractivity (Wildman–Crippen MR) is 102 cm³/mol. The number of fused-ring (bicyclic) bond motifs is 1. The molecule has 1 N–H and O–H groups in total. The highest BCUT2D eigenvalue weighted by molar-refractivity contribution is 6.00. The molecule has 2 aromatic rings. The summed E-state index contributed by atoms with van der Waals surface area (Å²) < 4.78 is 11.9. The molecule has 26 heavy (non-hydrogen) atoms. The minimum absolute atomic E-state index is 0.144. The smallest absolute Gasteiger partial charge is 0.180 e. The van der Waals surface area contributed by atoms with Crippen LogP contribution in [-0.4, -0.2) is 31.6 Å². The highest BCUT2D eigenvalue weighted by Gasteiger charge is 2.29. The molecule has 1 heterocycles. The van der Waals surface area contributed by atoms with Crippen molar-refractivity contribution in [3.05, 3.63) is 41.0 Å². The average molecular weight is 355 g/mol. The zero-order chi connectivity index (χ0) is 18.8. The molecule has 0 bridgehead atoms. The summed E-state index contributed by atoms with van der Waals surface area (Å²) in [6.45, 7) is 3.96. The number of aromatic hydroxyl groups is 1. The first kappa shape index (κ1) is 18.1. The van der Waals surface area contributed by atoms with Gasteiger partial charge in [0.1, 0.15) is 11.5 Å². The van der Waals surface area contributed by atoms with Crippen molar-refractivity contribution in [1.29, 1.82) is 0 Å². The Kier molecular flexibility index (Phi) is 5.07. The van der Waals surface area contributed by atoms with Gasteiger partial charge in [0.05, 0.1) is 12.2 Å². The molecule has 1 aliphatic rings. The summed E-state index contributed by atoms with van der Waals surface area (Å²) in [5.74, 6) is 1.56. The minimum atomic E-state index is -0.144. The average Bonchev–Trinajstić information content (AvgIpc) is 2.63. The summed E-state index contributed by atoms with van der Waals surface area (Å²) in [7, 11) is 3.95. The van der Waals surface area contributed by atoms with Gasteiger partial charge < -0.3 is 19.5 Å². The van der Waals surface area contributed by atoms with Crippen molar-refractivity contribution in [2.24, 2.45) is 0 Å². The number of phenols is 1. The van der Waals surface area contributed by atoms with Crippen LogP contribution in [0.3, 0.4) is 0 Å². The molecule has 3 rings (SSSR count). The van der Waals surface area contributed by atoms with E-state index in [1.807, 2.05) is 50.2 Å². The second-order valence-electron chi connectivity index (χ2n) is 6.69. The Bertz CT molecular complexity index is 825. The van der Waals surface area contributed by atoms with Gasteiger partial charge in [-0.15, -0.1) is 0 Å². The van der Waals surface area contributed by atoms with E-state index in [0.29, 0.717) is 47.8 Å². The molecule has 0 aromatic heterocycles. The van der Waals surface area contributed by atoms with Gasteiger partial charge in [-0.1, -0.05) is 6.92 Å². The standard InChI is InChI=1S/C21H25NO4/c1-5-16-18(13(2)23)21(20-17(19(16)24)7-6-12-25-20)26-15-10-8-14(9-11-15)22(3)4/h8-11,24H,5-7,12H2,1-4H3. The van der Waals surface area contributed by atoms with E-state index in [-0.39, 0.29) is 11.5 Å². The first-order valence-corrected chi connectivity index (χ1v) is 8.93. The van der Waals surface area contributed by atoms with E-state index in [4.69, 9.17) is 9.47 Å². The predicted octanol–water partition coefficient (Wildman–Crippen LogP) is 4.34. The largest absolute Gasteiger partial charge is 0.507 e. The van der Waals surface area contributed by atoms with Gasteiger partial charge in [-0.3, -0.25) is 4.79 Å². The number of Topliss-reactive ketones (excluding diaryl/α,β-unsaturated/α-hetero) is 1. The fraction of sp³-hybridized carbons (Fsp3) is 0.381. The summed E-state index contributed by atoms with van der Waals surface area (Å²) in [6, 6.07) is 7.65. The maximum atomic E-state index is 12.4. The Morgan fingerprint density at radius 1 is 1.27 bits per heavy atom. The number of rotatable bonds is 5. The third kappa shape index (κ3) is 3.21. The lowest BCUT2D eigenvalue weighted by Crippen LogP contribution is -2.14. The van der Waals surface area contributed by atoms with Gasteiger partial charge in [0, 0.05) is 30.9 Å². The van der Waals surface area contributed by atoms with Crippen LogP contribution >= 0.6 is 0 Å². The molecule has 0 fully saturated rings. The van der Waals surface area contributed by atoms with Crippen LogP contribution in [-0.2, 0) is 12.8 Å². The lowest BCUT2D eigenvalue weighted by molar-refractivity contribution is 0.101. The van der Waals surface area contributed by atoms with Crippen LogP contribution in [0.1, 0.15) is 41.8 Å². The van der Waals surface area contributed by atoms with Crippen molar-refractivity contribution in [2.75, 3.05) is 25.6 Å². The van der Waals surface area contributed by atoms with Gasteiger partial charge in [0.2, 0.25) is 0 Å². The van der Waals surface area contributed by atoms with E-state index in [0.717, 1.165) is 17.7 Å². The number of anilines is 1. The second kappa shape index (κ2) is 7.28. The van der Waals surface area contributed by atoms with Crippen LogP contribution in [0.5, 0.6) is 23.0 Å². The molecule has 0 saturated heterocycles. The van der Waals surface area contributed by atoms with E-state index in [1.54, 1.807) is 0 Å². The van der Waals surface area contributed by atoms with E-state index in [9.17, 15) is 9.90 Å². The lowest BCUT2D eigenvalue weighted by Gasteiger charge is -2.25. The molecule has 0 unspecified atom stereocenters. The quantitative estimate of drug-likeness (QED) is 0.809. The number of carbonyl (C=O) groups excluding carboxylic acids is 1. The minimum Gasteiger partial charge on any atom is -0.507 e. The van der Waals surface area contributed by atoms with Gasteiger partial charge in [0.15, 0.2) is 17.3 Å². The van der Waals surface area contributed by atoms with Crippen molar-refractivity contribution in [2.45, 2.75) is 33.1 Å². The maximum Gasteiger partial charge on any atom is 0.180 e. The SMILES string of the molecule is CCc1c(O)c2c(c(Oc3ccc(N(C)C)cc3)c1C(C)=O)OCCC2. The third-order valence-corrected chi connectivity index (χ3v) is 4.68. The molecule has 5 nitrogen and oxygen atoms in total. The van der Waals surface area contributed by atoms with Gasteiger partial charge in [-0.05, 0) is 50.5 Å². The first-order chi connectivity index (χ1) is 12.4. The summed E-state index contributed by atoms with van der Waals surface area (Å²) in [4.78, 5) is 14.4. The van der Waals surface area contributed by atoms with Crippen LogP contribution < -0.4 is 14.4 Å². The molecule has 1 aliphatic heterocycles. The zero-order valence-corrected chi connectivity index (χ0v) is 15.8. The summed E-state index contributed by atoms with van der Waals surface area (Å²) in [6.07, 6.45) is 2.09. The topological polar surface area (TPSA) is 59.0 Å². The number of nitrogens with zero attached hydrogens (tertiary/aromatic N) is 1. The van der Waals surface area contributed by atoms with Crippen LogP contribution in [0, 0.1) is 0 Å². The van der Waals surface area contributed by atoms with Crippen LogP contribution in [0.25, 0.3) is 0 Å². The van der Waals surface area contributed by atoms with Crippen LogP contribution in [0.4, 0.5) is 5.69 Å².